The monoisotopic (exact) mass is 1420 g/mol. The molecular formula is C31H17F46O4PS2. The molecule has 1 aliphatic heterocycles. The van der Waals surface area contributed by atoms with Crippen LogP contribution in [0, 0.1) is 5.41 Å². The highest BCUT2D eigenvalue weighted by molar-refractivity contribution is 8.00. The van der Waals surface area contributed by atoms with Crippen LogP contribution in [0.1, 0.15) is 12.8 Å². The highest BCUT2D eigenvalue weighted by atomic mass is 32.2. The molecule has 0 bridgehead atoms. The van der Waals surface area contributed by atoms with Crippen LogP contribution in [-0.2, 0) is 13.6 Å². The van der Waals surface area contributed by atoms with Crippen LogP contribution in [0.15, 0.2) is 0 Å². The van der Waals surface area contributed by atoms with Crippen molar-refractivity contribution in [1.82, 2.24) is 0 Å². The maximum atomic E-state index is 14.5. The summed E-state index contributed by atoms with van der Waals surface area (Å²) < 4.78 is 651. The van der Waals surface area contributed by atoms with Crippen LogP contribution in [0.3, 0.4) is 0 Å². The van der Waals surface area contributed by atoms with Crippen LogP contribution in [-0.4, -0.2) is 172 Å². The standard InChI is InChI=1S/C31H17F46O4PS2/c32-10(33,12(36,37)14(40,41)16(44,45)18(48,49)20(52,53)22(56,57)24(60,61)26(64,65)28(68,69)30(72,73)74)1-3-83-7-9(5-80-82(78,79)81-6-9)8-84-4-2-11(34,35)13(38,39)15(42,43)17(46,47)19(50,51)21(54,55)23(58,59)25(62,63)27(66,67)29(70,71)31(75,76)77/h1-8H2,(H,78,79). The largest absolute Gasteiger partial charge is 0.472 e. The Balaban J connectivity index is 3.55. The number of rotatable bonds is 28. The van der Waals surface area contributed by atoms with Gasteiger partial charge in [-0.1, -0.05) is 0 Å². The minimum Gasteiger partial charge on any atom is -0.302 e. The normalized spacial score (nSPS) is 18.8. The van der Waals surface area contributed by atoms with E-state index in [2.05, 4.69) is 9.05 Å². The highest BCUT2D eigenvalue weighted by Crippen LogP contribution is 2.70. The Morgan fingerprint density at radius 2 is 0.440 bits per heavy atom. The fourth-order valence-corrected chi connectivity index (χ4v) is 9.16. The molecule has 1 fully saturated rings. The lowest BCUT2D eigenvalue weighted by atomic mass is 9.85. The van der Waals surface area contributed by atoms with Crippen LogP contribution in [0.25, 0.3) is 0 Å². The van der Waals surface area contributed by atoms with Gasteiger partial charge in [-0.25, -0.2) is 4.57 Å². The molecule has 504 valence electrons. The molecule has 0 aromatic carbocycles. The molecule has 0 aromatic rings. The highest BCUT2D eigenvalue weighted by Gasteiger charge is 3.01. The molecule has 0 saturated carbocycles. The van der Waals surface area contributed by atoms with Crippen molar-refractivity contribution in [2.24, 2.45) is 5.41 Å². The van der Waals surface area contributed by atoms with Gasteiger partial charge in [-0.15, -0.1) is 0 Å². The second kappa shape index (κ2) is 21.6. The maximum Gasteiger partial charge on any atom is 0.472 e. The van der Waals surface area contributed by atoms with Crippen molar-refractivity contribution < 1.29 is 220 Å². The Morgan fingerprint density at radius 3 is 0.607 bits per heavy atom. The first-order chi connectivity index (χ1) is 35.8. The molecular weight excluding hydrogens is 1410 g/mol. The van der Waals surface area contributed by atoms with Crippen LogP contribution in [0.2, 0.25) is 0 Å². The molecule has 1 N–H and O–H groups in total. The van der Waals surface area contributed by atoms with Gasteiger partial charge in [0, 0.05) is 29.8 Å². The lowest BCUT2D eigenvalue weighted by Gasteiger charge is -2.45. The average Bonchev–Trinajstić information content (AvgIpc) is 3.28. The Bertz CT molecular complexity index is 2200. The molecule has 84 heavy (non-hydrogen) atoms. The average molecular weight is 1420 g/mol. The van der Waals surface area contributed by atoms with E-state index in [9.17, 15) is 211 Å². The first kappa shape index (κ1) is 79.6. The summed E-state index contributed by atoms with van der Waals surface area (Å²) in [4.78, 5) is 9.30. The van der Waals surface area contributed by atoms with Gasteiger partial charge in [-0.2, -0.15) is 225 Å². The predicted molar refractivity (Wildman–Crippen MR) is 179 cm³/mol. The number of phosphoric acid groups is 1. The van der Waals surface area contributed by atoms with Gasteiger partial charge >= 0.3 is 139 Å². The van der Waals surface area contributed by atoms with E-state index in [1.54, 1.807) is 0 Å². The zero-order valence-corrected chi connectivity index (χ0v) is 40.0. The zero-order valence-electron chi connectivity index (χ0n) is 37.5. The van der Waals surface area contributed by atoms with Gasteiger partial charge in [0.05, 0.1) is 13.2 Å². The summed E-state index contributed by atoms with van der Waals surface area (Å²) >= 11 is -1.48. The fraction of sp³-hybridized carbons (Fsp3) is 1.00. The van der Waals surface area contributed by atoms with Crippen molar-refractivity contribution in [3.05, 3.63) is 0 Å². The fourth-order valence-electron chi connectivity index (χ4n) is 5.59. The third kappa shape index (κ3) is 11.2. The molecule has 1 aliphatic rings. The van der Waals surface area contributed by atoms with Crippen molar-refractivity contribution in [2.45, 2.75) is 144 Å². The summed E-state index contributed by atoms with van der Waals surface area (Å²) in [7, 11) is -5.45. The van der Waals surface area contributed by atoms with Crippen molar-refractivity contribution in [2.75, 3.05) is 36.2 Å². The second-order valence-corrected chi connectivity index (χ2v) is 20.5. The van der Waals surface area contributed by atoms with Crippen molar-refractivity contribution >= 4 is 31.3 Å². The topological polar surface area (TPSA) is 55.8 Å². The Kier molecular flexibility index (Phi) is 20.5. The predicted octanol–water partition coefficient (Wildman–Crippen LogP) is 17.2. The van der Waals surface area contributed by atoms with Gasteiger partial charge in [-0.3, -0.25) is 9.05 Å². The van der Waals surface area contributed by atoms with Gasteiger partial charge < -0.3 is 4.89 Å². The van der Waals surface area contributed by atoms with E-state index in [0.717, 1.165) is 0 Å². The molecule has 0 radical (unpaired) electrons. The molecule has 1 rings (SSSR count). The lowest BCUT2D eigenvalue weighted by molar-refractivity contribution is -0.478. The number of alkyl halides is 46. The van der Waals surface area contributed by atoms with E-state index in [1.165, 1.54) is 0 Å². The minimum atomic E-state index is -9.77. The van der Waals surface area contributed by atoms with E-state index in [0.29, 0.717) is 0 Å². The van der Waals surface area contributed by atoms with Crippen LogP contribution < -0.4 is 0 Å². The number of hydrogen-bond acceptors (Lipinski definition) is 5. The lowest BCUT2D eigenvalue weighted by Crippen LogP contribution is -2.77. The summed E-state index contributed by atoms with van der Waals surface area (Å²) in [5.41, 5.74) is -2.72. The Labute approximate surface area is 437 Å². The molecule has 0 aliphatic carbocycles. The quantitative estimate of drug-likeness (QED) is 0.0479. The molecule has 0 unspecified atom stereocenters. The Morgan fingerprint density at radius 1 is 0.286 bits per heavy atom. The first-order valence-corrected chi connectivity index (χ1v) is 23.1. The molecule has 0 aromatic heterocycles. The summed E-state index contributed by atoms with van der Waals surface area (Å²) in [5.74, 6) is -191. The van der Waals surface area contributed by atoms with Gasteiger partial charge in [0.25, 0.3) is 0 Å². The molecule has 1 saturated heterocycles. The number of hydrogen-bond donors (Lipinski definition) is 1. The van der Waals surface area contributed by atoms with Gasteiger partial charge in [-0.05, 0) is 11.5 Å². The summed E-state index contributed by atoms with van der Waals surface area (Å²) in [5, 5.41) is 0. The van der Waals surface area contributed by atoms with E-state index < -0.39 is 217 Å². The zero-order chi connectivity index (χ0) is 68.5. The van der Waals surface area contributed by atoms with Crippen LogP contribution in [0.5, 0.6) is 0 Å². The maximum absolute atomic E-state index is 14.5. The van der Waals surface area contributed by atoms with E-state index in [1.807, 2.05) is 0 Å². The molecule has 53 heteroatoms. The van der Waals surface area contributed by atoms with Crippen molar-refractivity contribution in [3.8, 4) is 0 Å². The van der Waals surface area contributed by atoms with Crippen LogP contribution >= 0.6 is 31.3 Å². The molecule has 0 amide bonds. The third-order valence-corrected chi connectivity index (χ3v) is 14.5. The van der Waals surface area contributed by atoms with E-state index in [-0.39, 0.29) is 0 Å². The molecule has 1 heterocycles. The van der Waals surface area contributed by atoms with Crippen LogP contribution in [0.4, 0.5) is 202 Å². The SMILES string of the molecule is O=P1(O)OCC(CSCCC(F)(F)C(F)(F)C(F)(F)C(F)(F)C(F)(F)C(F)(F)C(F)(F)C(F)(F)C(F)(F)C(F)(F)C(F)(F)F)(CSCCC(F)(F)C(F)(F)C(F)(F)C(F)(F)C(F)(F)C(F)(F)C(F)(F)C(F)(F)C(F)(F)C(F)(F)C(F)(F)F)CO1. The van der Waals surface area contributed by atoms with Gasteiger partial charge in [0.1, 0.15) is 0 Å². The van der Waals surface area contributed by atoms with Crippen molar-refractivity contribution in [3.63, 3.8) is 0 Å². The smallest absolute Gasteiger partial charge is 0.302 e. The summed E-state index contributed by atoms with van der Waals surface area (Å²) in [6, 6.07) is 0. The molecule has 0 spiro atoms. The van der Waals surface area contributed by atoms with Gasteiger partial charge in [0.15, 0.2) is 0 Å². The van der Waals surface area contributed by atoms with Crippen molar-refractivity contribution in [1.29, 1.82) is 0 Å². The molecule has 0 atom stereocenters. The summed E-state index contributed by atoms with van der Waals surface area (Å²) in [6.07, 6.45) is -23.5. The number of phosphoric ester groups is 1. The molecule has 4 nitrogen and oxygen atoms in total. The second-order valence-electron chi connectivity index (χ2n) is 16.9. The minimum absolute atomic E-state index is 0.739. The van der Waals surface area contributed by atoms with E-state index >= 15 is 0 Å². The van der Waals surface area contributed by atoms with E-state index in [4.69, 9.17) is 0 Å². The van der Waals surface area contributed by atoms with Gasteiger partial charge in [0.2, 0.25) is 0 Å². The Hall–Kier alpha value is -2.41. The number of thioether (sulfide) groups is 2. The first-order valence-electron chi connectivity index (χ1n) is 19.3. The number of halogens is 46. The summed E-state index contributed by atoms with van der Waals surface area (Å²) in [6.45, 7) is -3.40. The third-order valence-electron chi connectivity index (χ3n) is 10.9.